The minimum Gasteiger partial charge on any atom is -0.162 e. The van der Waals surface area contributed by atoms with Crippen LogP contribution < -0.4 is 0 Å². The molecule has 1 aliphatic heterocycles. The van der Waals surface area contributed by atoms with E-state index in [0.717, 1.165) is 0 Å². The lowest BCUT2D eigenvalue weighted by Gasteiger charge is -2.15. The average Bonchev–Trinajstić information content (AvgIpc) is 1.69. The van der Waals surface area contributed by atoms with Crippen molar-refractivity contribution in [1.29, 1.82) is 0 Å². The summed E-state index contributed by atoms with van der Waals surface area (Å²) >= 11 is 2.02. The molecule has 2 radical (unpaired) electrons. The maximum Gasteiger partial charge on any atom is -0.00648 e. The average molecular weight is 114 g/mol. The predicted octanol–water partition coefficient (Wildman–Crippen LogP) is 1.84. The minimum atomic E-state index is 0.515. The van der Waals surface area contributed by atoms with Gasteiger partial charge >= 0.3 is 0 Å². The Bertz CT molecular complexity index is 46.1. The first kappa shape index (κ1) is 5.49. The molecular weight excluding hydrogens is 104 g/mol. The normalized spacial score (nSPS) is 25.3. The van der Waals surface area contributed by atoms with Crippen molar-refractivity contribution in [3.63, 3.8) is 0 Å². The quantitative estimate of drug-likeness (QED) is 0.463. The van der Waals surface area contributed by atoms with Gasteiger partial charge in [0.25, 0.3) is 0 Å². The summed E-state index contributed by atoms with van der Waals surface area (Å²) in [5.74, 6) is 3.07. The van der Waals surface area contributed by atoms with E-state index in [2.05, 4.69) is 0 Å². The van der Waals surface area contributed by atoms with Crippen molar-refractivity contribution in [3.05, 3.63) is 6.92 Å². The molecule has 0 aromatic rings. The van der Waals surface area contributed by atoms with Gasteiger partial charge in [-0.05, 0) is 37.2 Å². The molecule has 0 unspecified atom stereocenters. The van der Waals surface area contributed by atoms with Crippen LogP contribution >= 0.6 is 11.8 Å². The molecule has 0 saturated carbocycles. The Labute approximate surface area is 49.7 Å². The van der Waals surface area contributed by atoms with Gasteiger partial charge < -0.3 is 0 Å². The van der Waals surface area contributed by atoms with Gasteiger partial charge in [0.15, 0.2) is 0 Å². The van der Waals surface area contributed by atoms with Crippen LogP contribution in [0.5, 0.6) is 0 Å². The lowest BCUT2D eigenvalue weighted by molar-refractivity contribution is 0.598. The van der Waals surface area contributed by atoms with Gasteiger partial charge in [-0.15, -0.1) is 0 Å². The Morgan fingerprint density at radius 3 is 2.14 bits per heavy atom. The molecule has 0 amide bonds. The second-order valence-corrected chi connectivity index (χ2v) is 3.17. The first-order chi connectivity index (χ1) is 3.39. The molecule has 0 N–H and O–H groups in total. The van der Waals surface area contributed by atoms with E-state index in [-0.39, 0.29) is 0 Å². The van der Waals surface area contributed by atoms with E-state index in [1.54, 1.807) is 0 Å². The molecule has 0 spiro atoms. The molecule has 0 aromatic heterocycles. The second kappa shape index (κ2) is 2.61. The summed E-state index contributed by atoms with van der Waals surface area (Å²) in [6.45, 7) is 5.62. The molecule has 1 saturated heterocycles. The third-order valence-corrected chi connectivity index (χ3v) is 2.31. The van der Waals surface area contributed by atoms with E-state index in [1.807, 2.05) is 11.8 Å². The molecule has 0 aromatic carbocycles. The number of thioether (sulfide) groups is 1. The Kier molecular flexibility index (Phi) is 2.04. The molecule has 1 heteroatoms. The van der Waals surface area contributed by atoms with E-state index in [0.29, 0.717) is 5.92 Å². The van der Waals surface area contributed by atoms with Crippen LogP contribution in [0.25, 0.3) is 0 Å². The third kappa shape index (κ3) is 1.72. The van der Waals surface area contributed by atoms with Crippen molar-refractivity contribution < 1.29 is 0 Å². The minimum absolute atomic E-state index is 0.515. The van der Waals surface area contributed by atoms with Crippen LogP contribution in [0.4, 0.5) is 0 Å². The monoisotopic (exact) mass is 114 g/mol. The van der Waals surface area contributed by atoms with Crippen molar-refractivity contribution in [1.82, 2.24) is 0 Å². The van der Waals surface area contributed by atoms with Crippen LogP contribution in [0.2, 0.25) is 0 Å². The van der Waals surface area contributed by atoms with Crippen LogP contribution in [0.15, 0.2) is 0 Å². The zero-order valence-electron chi connectivity index (χ0n) is 4.39. The summed E-state index contributed by atoms with van der Waals surface area (Å²) < 4.78 is 0. The van der Waals surface area contributed by atoms with Crippen LogP contribution in [0, 0.1) is 12.8 Å². The van der Waals surface area contributed by atoms with Crippen LogP contribution in [0.3, 0.4) is 0 Å². The fraction of sp³-hybridized carbons (Fsp3) is 0.833. The van der Waals surface area contributed by atoms with E-state index in [4.69, 9.17) is 6.92 Å². The Morgan fingerprint density at radius 1 is 1.29 bits per heavy atom. The fourth-order valence-electron chi connectivity index (χ4n) is 0.716. The Balaban J connectivity index is 2.12. The van der Waals surface area contributed by atoms with Crippen molar-refractivity contribution >= 4 is 11.8 Å². The largest absolute Gasteiger partial charge is 0.162 e. The zero-order chi connectivity index (χ0) is 5.11. The highest BCUT2D eigenvalue weighted by molar-refractivity contribution is 7.99. The van der Waals surface area contributed by atoms with Gasteiger partial charge in [0.2, 0.25) is 0 Å². The smallest absolute Gasteiger partial charge is 0.00648 e. The van der Waals surface area contributed by atoms with E-state index in [9.17, 15) is 0 Å². The standard InChI is InChI=1S/C6H10S/c1-6-2-4-7-5-3-6/h1,6H,2-5H2. The SMILES string of the molecule is [CH]C1CCSCC1. The summed E-state index contributed by atoms with van der Waals surface area (Å²) in [4.78, 5) is 0. The molecule has 1 rings (SSSR count). The highest BCUT2D eigenvalue weighted by Crippen LogP contribution is 2.20. The number of rotatable bonds is 0. The van der Waals surface area contributed by atoms with Gasteiger partial charge in [0, 0.05) is 0 Å². The molecule has 0 atom stereocenters. The van der Waals surface area contributed by atoms with Gasteiger partial charge in [-0.1, -0.05) is 0 Å². The highest BCUT2D eigenvalue weighted by atomic mass is 32.2. The molecule has 0 nitrogen and oxygen atoms in total. The van der Waals surface area contributed by atoms with Crippen molar-refractivity contribution in [2.75, 3.05) is 11.5 Å². The third-order valence-electron chi connectivity index (χ3n) is 1.27. The summed E-state index contributed by atoms with van der Waals surface area (Å²) in [5, 5.41) is 0. The van der Waals surface area contributed by atoms with Gasteiger partial charge in [-0.2, -0.15) is 11.8 Å². The number of hydrogen-bond acceptors (Lipinski definition) is 1. The molecule has 40 valence electrons. The maximum absolute atomic E-state index is 5.62. The van der Waals surface area contributed by atoms with E-state index < -0.39 is 0 Å². The summed E-state index contributed by atoms with van der Waals surface area (Å²) in [5.41, 5.74) is 0. The number of hydrogen-bond donors (Lipinski definition) is 0. The molecular formula is C6H10S. The topological polar surface area (TPSA) is 0 Å². The Hall–Kier alpha value is 0.350. The molecule has 1 fully saturated rings. The molecule has 0 aliphatic carbocycles. The Morgan fingerprint density at radius 2 is 1.86 bits per heavy atom. The maximum atomic E-state index is 5.62. The summed E-state index contributed by atoms with van der Waals surface area (Å²) in [6.07, 6.45) is 2.45. The van der Waals surface area contributed by atoms with Crippen molar-refractivity contribution in [3.8, 4) is 0 Å². The van der Waals surface area contributed by atoms with Crippen molar-refractivity contribution in [2.45, 2.75) is 12.8 Å². The first-order valence-electron chi connectivity index (χ1n) is 2.73. The van der Waals surface area contributed by atoms with Crippen LogP contribution in [-0.2, 0) is 0 Å². The predicted molar refractivity (Wildman–Crippen MR) is 34.3 cm³/mol. The summed E-state index contributed by atoms with van der Waals surface area (Å²) in [7, 11) is 0. The zero-order valence-corrected chi connectivity index (χ0v) is 5.21. The van der Waals surface area contributed by atoms with Crippen LogP contribution in [0.1, 0.15) is 12.8 Å². The van der Waals surface area contributed by atoms with E-state index in [1.165, 1.54) is 24.3 Å². The van der Waals surface area contributed by atoms with Gasteiger partial charge in [-0.3, -0.25) is 0 Å². The van der Waals surface area contributed by atoms with Crippen LogP contribution in [-0.4, -0.2) is 11.5 Å². The van der Waals surface area contributed by atoms with Gasteiger partial charge in [-0.25, -0.2) is 0 Å². The fourth-order valence-corrected chi connectivity index (χ4v) is 1.86. The second-order valence-electron chi connectivity index (χ2n) is 1.95. The highest BCUT2D eigenvalue weighted by Gasteiger charge is 2.06. The first-order valence-corrected chi connectivity index (χ1v) is 3.88. The lowest BCUT2D eigenvalue weighted by atomic mass is 10.1. The van der Waals surface area contributed by atoms with E-state index >= 15 is 0 Å². The molecule has 0 bridgehead atoms. The molecule has 7 heavy (non-hydrogen) atoms. The summed E-state index contributed by atoms with van der Waals surface area (Å²) in [6, 6.07) is 0. The lowest BCUT2D eigenvalue weighted by Crippen LogP contribution is -2.04. The molecule has 1 aliphatic rings. The molecule has 1 heterocycles. The van der Waals surface area contributed by atoms with Gasteiger partial charge in [0.05, 0.1) is 0 Å². The van der Waals surface area contributed by atoms with Crippen molar-refractivity contribution in [2.24, 2.45) is 5.92 Å². The van der Waals surface area contributed by atoms with Gasteiger partial charge in [0.1, 0.15) is 0 Å².